The lowest BCUT2D eigenvalue weighted by Gasteiger charge is -2.37. The maximum atomic E-state index is 12.4. The number of morpholine rings is 1. The normalized spacial score (nSPS) is 26.1. The van der Waals surface area contributed by atoms with Crippen molar-refractivity contribution in [2.75, 3.05) is 46.9 Å². The summed E-state index contributed by atoms with van der Waals surface area (Å²) in [5, 5.41) is 3.17. The molecule has 1 saturated heterocycles. The van der Waals surface area contributed by atoms with E-state index in [-0.39, 0.29) is 18.1 Å². The summed E-state index contributed by atoms with van der Waals surface area (Å²) in [6.07, 6.45) is 6.77. The van der Waals surface area contributed by atoms with E-state index in [1.54, 1.807) is 0 Å². The number of amides is 1. The molecule has 0 bridgehead atoms. The van der Waals surface area contributed by atoms with Crippen molar-refractivity contribution in [1.29, 1.82) is 0 Å². The highest BCUT2D eigenvalue weighted by Gasteiger charge is 2.28. The van der Waals surface area contributed by atoms with Crippen LogP contribution in [0.2, 0.25) is 0 Å². The van der Waals surface area contributed by atoms with Crippen LogP contribution in [0.3, 0.4) is 0 Å². The molecule has 0 aromatic heterocycles. The lowest BCUT2D eigenvalue weighted by Crippen LogP contribution is -2.54. The van der Waals surface area contributed by atoms with E-state index in [0.717, 1.165) is 32.8 Å². The molecule has 0 spiro atoms. The Morgan fingerprint density at radius 3 is 2.73 bits per heavy atom. The third-order valence-electron chi connectivity index (χ3n) is 4.96. The quantitative estimate of drug-likeness (QED) is 0.804. The van der Waals surface area contributed by atoms with Crippen molar-refractivity contribution in [2.24, 2.45) is 5.92 Å². The smallest absolute Gasteiger partial charge is 0.237 e. The summed E-state index contributed by atoms with van der Waals surface area (Å²) in [7, 11) is 4.12. The zero-order chi connectivity index (χ0) is 15.9. The largest absolute Gasteiger partial charge is 0.374 e. The Kier molecular flexibility index (Phi) is 7.12. The zero-order valence-electron chi connectivity index (χ0n) is 14.5. The molecular weight excluding hydrogens is 278 g/mol. The molecule has 5 nitrogen and oxygen atoms in total. The lowest BCUT2D eigenvalue weighted by atomic mass is 9.89. The first-order valence-corrected chi connectivity index (χ1v) is 8.84. The minimum Gasteiger partial charge on any atom is -0.374 e. The second-order valence-corrected chi connectivity index (χ2v) is 7.18. The van der Waals surface area contributed by atoms with Crippen molar-refractivity contribution in [3.8, 4) is 0 Å². The van der Waals surface area contributed by atoms with Crippen LogP contribution < -0.4 is 5.32 Å². The highest BCUT2D eigenvalue weighted by Crippen LogP contribution is 2.22. The second-order valence-electron chi connectivity index (χ2n) is 7.18. The first-order valence-electron chi connectivity index (χ1n) is 8.84. The van der Waals surface area contributed by atoms with E-state index in [9.17, 15) is 4.79 Å². The number of hydrogen-bond donors (Lipinski definition) is 1. The minimum absolute atomic E-state index is 0.0582. The van der Waals surface area contributed by atoms with Crippen molar-refractivity contribution in [2.45, 2.75) is 51.2 Å². The van der Waals surface area contributed by atoms with Gasteiger partial charge >= 0.3 is 0 Å². The molecule has 1 amide bonds. The Labute approximate surface area is 135 Å². The van der Waals surface area contributed by atoms with Gasteiger partial charge in [-0.05, 0) is 39.8 Å². The minimum atomic E-state index is -0.0582. The summed E-state index contributed by atoms with van der Waals surface area (Å²) in [5.41, 5.74) is 0. The Bertz CT molecular complexity index is 343. The third-order valence-corrected chi connectivity index (χ3v) is 4.96. The third kappa shape index (κ3) is 5.52. The molecular formula is C17H33N3O2. The standard InChI is InChI=1S/C17H33N3O2/c1-14(17(21)18-11-15-7-5-4-6-8-15)20-9-10-22-16(13-20)12-19(2)3/h14-16H,4-13H2,1-3H3,(H,18,21)/t14-,16+/m1/s1. The highest BCUT2D eigenvalue weighted by atomic mass is 16.5. The van der Waals surface area contributed by atoms with E-state index < -0.39 is 0 Å². The summed E-state index contributed by atoms with van der Waals surface area (Å²) in [6, 6.07) is -0.0582. The number of carbonyl (C=O) groups excluding carboxylic acids is 1. The Balaban J connectivity index is 1.74. The second kappa shape index (κ2) is 8.85. The summed E-state index contributed by atoms with van der Waals surface area (Å²) < 4.78 is 5.79. The monoisotopic (exact) mass is 311 g/mol. The van der Waals surface area contributed by atoms with Gasteiger partial charge in [0.2, 0.25) is 5.91 Å². The van der Waals surface area contributed by atoms with Crippen molar-refractivity contribution >= 4 is 5.91 Å². The predicted molar refractivity (Wildman–Crippen MR) is 88.9 cm³/mol. The number of hydrogen-bond acceptors (Lipinski definition) is 4. The van der Waals surface area contributed by atoms with Crippen LogP contribution in [0.15, 0.2) is 0 Å². The molecule has 1 saturated carbocycles. The Morgan fingerprint density at radius 2 is 2.05 bits per heavy atom. The molecule has 1 N–H and O–H groups in total. The molecule has 5 heteroatoms. The number of ether oxygens (including phenoxy) is 1. The van der Waals surface area contributed by atoms with Gasteiger partial charge in [-0.2, -0.15) is 0 Å². The van der Waals surface area contributed by atoms with Crippen molar-refractivity contribution in [3.05, 3.63) is 0 Å². The van der Waals surface area contributed by atoms with Crippen LogP contribution in [0, 0.1) is 5.92 Å². The number of nitrogens with zero attached hydrogens (tertiary/aromatic N) is 2. The van der Waals surface area contributed by atoms with Gasteiger partial charge in [-0.15, -0.1) is 0 Å². The van der Waals surface area contributed by atoms with E-state index >= 15 is 0 Å². The summed E-state index contributed by atoms with van der Waals surface area (Å²) >= 11 is 0. The van der Waals surface area contributed by atoms with Gasteiger partial charge in [-0.25, -0.2) is 0 Å². The molecule has 0 unspecified atom stereocenters. The van der Waals surface area contributed by atoms with Gasteiger partial charge in [0.05, 0.1) is 18.8 Å². The van der Waals surface area contributed by atoms with E-state index in [1.807, 2.05) is 6.92 Å². The maximum absolute atomic E-state index is 12.4. The summed E-state index contributed by atoms with van der Waals surface area (Å²) in [4.78, 5) is 16.8. The van der Waals surface area contributed by atoms with Crippen LogP contribution in [0.4, 0.5) is 0 Å². The molecule has 22 heavy (non-hydrogen) atoms. The first-order chi connectivity index (χ1) is 10.6. The van der Waals surface area contributed by atoms with E-state index in [2.05, 4.69) is 29.2 Å². The molecule has 2 fully saturated rings. The lowest BCUT2D eigenvalue weighted by molar-refractivity contribution is -0.129. The number of likely N-dealkylation sites (N-methyl/N-ethyl adjacent to an activating group) is 1. The average Bonchev–Trinajstić information content (AvgIpc) is 2.52. The first kappa shape index (κ1) is 17.7. The Hall–Kier alpha value is -0.650. The number of nitrogens with one attached hydrogen (secondary N) is 1. The maximum Gasteiger partial charge on any atom is 0.237 e. The predicted octanol–water partition coefficient (Wildman–Crippen LogP) is 1.33. The molecule has 1 aliphatic carbocycles. The van der Waals surface area contributed by atoms with Gasteiger partial charge in [-0.1, -0.05) is 19.3 Å². The van der Waals surface area contributed by atoms with Gasteiger partial charge in [0.1, 0.15) is 0 Å². The van der Waals surface area contributed by atoms with E-state index in [1.165, 1.54) is 32.1 Å². The SMILES string of the molecule is C[C@H](C(=O)NCC1CCCCC1)N1CCO[C@@H](CN(C)C)C1. The summed E-state index contributed by atoms with van der Waals surface area (Å²) in [5.74, 6) is 0.868. The average molecular weight is 311 g/mol. The molecule has 1 aliphatic heterocycles. The van der Waals surface area contributed by atoms with Crippen molar-refractivity contribution in [3.63, 3.8) is 0 Å². The van der Waals surface area contributed by atoms with E-state index in [0.29, 0.717) is 5.92 Å². The highest BCUT2D eigenvalue weighted by molar-refractivity contribution is 5.81. The molecule has 0 aromatic carbocycles. The van der Waals surface area contributed by atoms with Crippen LogP contribution in [0.1, 0.15) is 39.0 Å². The fourth-order valence-electron chi connectivity index (χ4n) is 3.56. The molecule has 2 atom stereocenters. The Morgan fingerprint density at radius 1 is 1.32 bits per heavy atom. The van der Waals surface area contributed by atoms with Crippen molar-refractivity contribution < 1.29 is 9.53 Å². The van der Waals surface area contributed by atoms with Crippen LogP contribution in [0.5, 0.6) is 0 Å². The van der Waals surface area contributed by atoms with Crippen LogP contribution in [0.25, 0.3) is 0 Å². The van der Waals surface area contributed by atoms with Crippen LogP contribution >= 0.6 is 0 Å². The van der Waals surface area contributed by atoms with E-state index in [4.69, 9.17) is 4.74 Å². The van der Waals surface area contributed by atoms with Gasteiger partial charge in [0, 0.05) is 26.2 Å². The molecule has 2 rings (SSSR count). The fourth-order valence-corrected chi connectivity index (χ4v) is 3.56. The van der Waals surface area contributed by atoms with Crippen LogP contribution in [-0.2, 0) is 9.53 Å². The van der Waals surface area contributed by atoms with Gasteiger partial charge in [0.25, 0.3) is 0 Å². The van der Waals surface area contributed by atoms with Gasteiger partial charge < -0.3 is 15.0 Å². The summed E-state index contributed by atoms with van der Waals surface area (Å²) in [6.45, 7) is 6.20. The van der Waals surface area contributed by atoms with Gasteiger partial charge in [-0.3, -0.25) is 9.69 Å². The van der Waals surface area contributed by atoms with Gasteiger partial charge in [0.15, 0.2) is 0 Å². The number of carbonyl (C=O) groups is 1. The zero-order valence-corrected chi connectivity index (χ0v) is 14.5. The molecule has 0 aromatic rings. The topological polar surface area (TPSA) is 44.8 Å². The van der Waals surface area contributed by atoms with Crippen molar-refractivity contribution in [1.82, 2.24) is 15.1 Å². The molecule has 0 radical (unpaired) electrons. The van der Waals surface area contributed by atoms with Crippen LogP contribution in [-0.4, -0.2) is 74.7 Å². The molecule has 128 valence electrons. The molecule has 2 aliphatic rings. The molecule has 1 heterocycles. The fraction of sp³-hybridized carbons (Fsp3) is 0.941. The number of rotatable bonds is 6.